The van der Waals surface area contributed by atoms with Crippen LogP contribution in [-0.2, 0) is 10.0 Å². The molecule has 0 atom stereocenters. The average molecular weight is 437 g/mol. The van der Waals surface area contributed by atoms with Crippen molar-refractivity contribution in [3.8, 4) is 0 Å². The number of hydrogen-bond acceptors (Lipinski definition) is 2. The van der Waals surface area contributed by atoms with Gasteiger partial charge in [0, 0.05) is 0 Å². The molecule has 116 valence electrons. The molecule has 0 amide bonds. The normalized spacial score (nSPS) is 11.3. The molecule has 0 saturated heterocycles. The van der Waals surface area contributed by atoms with Crippen LogP contribution in [0.2, 0.25) is 0 Å². The molecular weight excluding hydrogens is 422 g/mol. The Bertz CT molecular complexity index is 868. The summed E-state index contributed by atoms with van der Waals surface area (Å²) < 4.78 is 31.7. The van der Waals surface area contributed by atoms with Crippen LogP contribution in [0.15, 0.2) is 98.5 Å². The van der Waals surface area contributed by atoms with Crippen molar-refractivity contribution in [2.75, 3.05) is 0 Å². The molecule has 0 aromatic heterocycles. The van der Waals surface area contributed by atoms with Gasteiger partial charge in [0.25, 0.3) is 0 Å². The van der Waals surface area contributed by atoms with Gasteiger partial charge < -0.3 is 0 Å². The predicted octanol–water partition coefficient (Wildman–Crippen LogP) is 2.45. The molecule has 5 heteroatoms. The molecule has 0 saturated carbocycles. The minimum absolute atomic E-state index is 0.248. The summed E-state index contributed by atoms with van der Waals surface area (Å²) in [4.78, 5) is 0.248. The zero-order valence-electron chi connectivity index (χ0n) is 12.2. The molecule has 0 spiro atoms. The van der Waals surface area contributed by atoms with Gasteiger partial charge in [0.1, 0.15) is 0 Å². The van der Waals surface area contributed by atoms with Gasteiger partial charge in [-0.15, -0.1) is 0 Å². The molecule has 3 rings (SSSR count). The van der Waals surface area contributed by atoms with E-state index in [0.717, 1.165) is 7.22 Å². The molecule has 23 heavy (non-hydrogen) atoms. The molecule has 3 nitrogen and oxygen atoms in total. The van der Waals surface area contributed by atoms with Crippen molar-refractivity contribution in [2.45, 2.75) is 4.90 Å². The minimum atomic E-state index is -3.66. The van der Waals surface area contributed by atoms with Crippen molar-refractivity contribution >= 4 is 36.6 Å². The summed E-state index contributed by atoms with van der Waals surface area (Å²) >= 11 is -2.58. The van der Waals surface area contributed by atoms with E-state index in [-0.39, 0.29) is 4.90 Å². The monoisotopic (exact) mass is 439 g/mol. The Morgan fingerprint density at radius 3 is 1.43 bits per heavy atom. The second-order valence-corrected chi connectivity index (χ2v) is 11.9. The van der Waals surface area contributed by atoms with Gasteiger partial charge in [0.05, 0.1) is 0 Å². The van der Waals surface area contributed by atoms with Crippen molar-refractivity contribution in [1.82, 2.24) is 0 Å². The van der Waals surface area contributed by atoms with Crippen molar-refractivity contribution in [1.29, 1.82) is 0 Å². The van der Waals surface area contributed by atoms with Crippen molar-refractivity contribution in [3.05, 3.63) is 91.0 Å². The molecule has 3 aromatic carbocycles. The van der Waals surface area contributed by atoms with E-state index < -0.39 is 29.4 Å². The summed E-state index contributed by atoms with van der Waals surface area (Å²) in [7, 11) is -3.66. The summed E-state index contributed by atoms with van der Waals surface area (Å²) in [5, 5.41) is 0. The average Bonchev–Trinajstić information content (AvgIpc) is 2.62. The maximum absolute atomic E-state index is 12.7. The molecule has 0 N–H and O–H groups in total. The van der Waals surface area contributed by atoms with Crippen molar-refractivity contribution in [3.63, 3.8) is 0 Å². The van der Waals surface area contributed by atoms with E-state index in [0.29, 0.717) is 0 Å². The van der Waals surface area contributed by atoms with Gasteiger partial charge in [-0.3, -0.25) is 0 Å². The Morgan fingerprint density at radius 2 is 1.00 bits per heavy atom. The molecule has 0 unspecified atom stereocenters. The standard InChI is InChI=1S/C18H15NO2STe/c20-22(21,16-10-4-1-5-11-16)19-23(17-12-6-2-7-13-17)18-14-8-3-9-15-18/h1-15H. The van der Waals surface area contributed by atoms with Crippen LogP contribution in [0.3, 0.4) is 0 Å². The van der Waals surface area contributed by atoms with E-state index >= 15 is 0 Å². The zero-order valence-corrected chi connectivity index (χ0v) is 15.4. The summed E-state index contributed by atoms with van der Waals surface area (Å²) in [6.07, 6.45) is 0. The molecule has 3 aromatic rings. The number of nitrogens with zero attached hydrogens (tertiary/aromatic N) is 1. The first-order valence-corrected chi connectivity index (χ1v) is 11.9. The Labute approximate surface area is 143 Å². The van der Waals surface area contributed by atoms with E-state index in [4.69, 9.17) is 0 Å². The van der Waals surface area contributed by atoms with Crippen LogP contribution in [0.4, 0.5) is 0 Å². The van der Waals surface area contributed by atoms with Crippen LogP contribution in [0.5, 0.6) is 0 Å². The Hall–Kier alpha value is -1.80. The van der Waals surface area contributed by atoms with Gasteiger partial charge in [-0.25, -0.2) is 0 Å². The van der Waals surface area contributed by atoms with Crippen LogP contribution in [0, 0.1) is 0 Å². The molecule has 0 fully saturated rings. The van der Waals surface area contributed by atoms with E-state index in [9.17, 15) is 8.42 Å². The van der Waals surface area contributed by atoms with Crippen LogP contribution in [0.1, 0.15) is 0 Å². The summed E-state index contributed by atoms with van der Waals surface area (Å²) in [5.41, 5.74) is 0. The third-order valence-electron chi connectivity index (χ3n) is 3.15. The fourth-order valence-corrected chi connectivity index (χ4v) is 10.0. The fraction of sp³-hybridized carbons (Fsp3) is 0. The van der Waals surface area contributed by atoms with E-state index in [2.05, 4.69) is 2.59 Å². The Kier molecular flexibility index (Phi) is 5.02. The summed E-state index contributed by atoms with van der Waals surface area (Å²) in [5.74, 6) is 0. The zero-order chi connectivity index (χ0) is 16.1. The molecule has 0 heterocycles. The Balaban J connectivity index is 2.17. The predicted molar refractivity (Wildman–Crippen MR) is 94.0 cm³/mol. The van der Waals surface area contributed by atoms with Crippen LogP contribution in [-0.4, -0.2) is 27.8 Å². The van der Waals surface area contributed by atoms with Crippen molar-refractivity contribution in [2.24, 2.45) is 2.59 Å². The molecule has 0 aliphatic heterocycles. The quantitative estimate of drug-likeness (QED) is 0.590. The first kappa shape index (κ1) is 16.1. The third kappa shape index (κ3) is 3.94. The summed E-state index contributed by atoms with van der Waals surface area (Å²) in [6.45, 7) is 0. The second kappa shape index (κ2) is 7.18. The van der Waals surface area contributed by atoms with Gasteiger partial charge in [0.2, 0.25) is 0 Å². The number of hydrogen-bond donors (Lipinski definition) is 0. The van der Waals surface area contributed by atoms with Gasteiger partial charge in [-0.2, -0.15) is 0 Å². The fourth-order valence-electron chi connectivity index (χ4n) is 2.05. The summed E-state index contributed by atoms with van der Waals surface area (Å²) in [6, 6.07) is 27.8. The molecule has 0 aliphatic carbocycles. The molecule has 0 radical (unpaired) electrons. The van der Waals surface area contributed by atoms with Crippen LogP contribution in [0.25, 0.3) is 0 Å². The number of sulfonamides is 1. The Morgan fingerprint density at radius 1 is 0.609 bits per heavy atom. The molecule has 0 aliphatic rings. The van der Waals surface area contributed by atoms with Gasteiger partial charge in [-0.05, 0) is 0 Å². The first-order valence-electron chi connectivity index (χ1n) is 7.04. The third-order valence-corrected chi connectivity index (χ3v) is 11.4. The van der Waals surface area contributed by atoms with Crippen LogP contribution < -0.4 is 7.22 Å². The first-order chi connectivity index (χ1) is 11.2. The number of benzene rings is 3. The van der Waals surface area contributed by atoms with Crippen molar-refractivity contribution < 1.29 is 8.42 Å². The van der Waals surface area contributed by atoms with Crippen LogP contribution >= 0.6 is 0 Å². The maximum atomic E-state index is 12.7. The molecule has 0 bridgehead atoms. The van der Waals surface area contributed by atoms with Gasteiger partial charge >= 0.3 is 144 Å². The van der Waals surface area contributed by atoms with E-state index in [1.807, 2.05) is 60.7 Å². The van der Waals surface area contributed by atoms with Gasteiger partial charge in [-0.1, -0.05) is 0 Å². The topological polar surface area (TPSA) is 46.5 Å². The molecular formula is C18H15NO2STe. The van der Waals surface area contributed by atoms with E-state index in [1.54, 1.807) is 30.3 Å². The van der Waals surface area contributed by atoms with Gasteiger partial charge in [0.15, 0.2) is 0 Å². The SMILES string of the molecule is O=S(=O)(N=[Te](c1ccccc1)c1ccccc1)c1ccccc1. The van der Waals surface area contributed by atoms with E-state index in [1.165, 1.54) is 0 Å². The second-order valence-electron chi connectivity index (χ2n) is 4.77. The number of rotatable bonds is 4.